The number of amides is 1. The van der Waals surface area contributed by atoms with Crippen molar-refractivity contribution in [2.24, 2.45) is 5.92 Å². The molecule has 2 aromatic carbocycles. The molecule has 1 amide bonds. The van der Waals surface area contributed by atoms with Gasteiger partial charge in [-0.2, -0.15) is 5.26 Å². The van der Waals surface area contributed by atoms with Gasteiger partial charge in [-0.15, -0.1) is 0 Å². The molecule has 30 heavy (non-hydrogen) atoms. The molecule has 0 bridgehead atoms. The van der Waals surface area contributed by atoms with Crippen molar-refractivity contribution in [2.45, 2.75) is 19.8 Å². The standard InChI is InChI=1S/C24H24N4O2/c1-16-7-8-20-19(13-16)23(18(14-25)15-26-20)28-11-9-17(10-12-28)24(29)27-21-5-3-4-6-22(21)30-2/h3-8,13,15,17H,9-12H2,1-2H3,(H,27,29). The van der Waals surface area contributed by atoms with E-state index in [1.807, 2.05) is 43.3 Å². The van der Waals surface area contributed by atoms with E-state index >= 15 is 0 Å². The van der Waals surface area contributed by atoms with Gasteiger partial charge in [0.2, 0.25) is 5.91 Å². The average molecular weight is 400 g/mol. The molecule has 2 heterocycles. The third-order valence-corrected chi connectivity index (χ3v) is 5.66. The van der Waals surface area contributed by atoms with Gasteiger partial charge in [-0.25, -0.2) is 0 Å². The van der Waals surface area contributed by atoms with Gasteiger partial charge in [0.05, 0.1) is 29.6 Å². The molecule has 6 nitrogen and oxygen atoms in total. The number of aryl methyl sites for hydroxylation is 1. The zero-order valence-corrected chi connectivity index (χ0v) is 17.2. The van der Waals surface area contributed by atoms with Crippen molar-refractivity contribution in [3.63, 3.8) is 0 Å². The van der Waals surface area contributed by atoms with Gasteiger partial charge < -0.3 is 15.0 Å². The van der Waals surface area contributed by atoms with Crippen LogP contribution in [0.1, 0.15) is 24.0 Å². The van der Waals surface area contributed by atoms with Crippen LogP contribution in [0.4, 0.5) is 11.4 Å². The summed E-state index contributed by atoms with van der Waals surface area (Å²) in [6, 6.07) is 15.8. The van der Waals surface area contributed by atoms with Crippen LogP contribution in [0.25, 0.3) is 10.9 Å². The lowest BCUT2D eigenvalue weighted by atomic mass is 9.94. The Morgan fingerprint density at radius 1 is 1.23 bits per heavy atom. The molecule has 0 unspecified atom stereocenters. The fourth-order valence-corrected chi connectivity index (χ4v) is 4.06. The lowest BCUT2D eigenvalue weighted by molar-refractivity contribution is -0.120. The number of anilines is 2. The average Bonchev–Trinajstić information content (AvgIpc) is 2.78. The number of nitriles is 1. The van der Waals surface area contributed by atoms with Crippen LogP contribution in [-0.4, -0.2) is 31.1 Å². The summed E-state index contributed by atoms with van der Waals surface area (Å²) in [5, 5.41) is 13.6. The first-order valence-corrected chi connectivity index (χ1v) is 10.1. The molecule has 1 aromatic heterocycles. The number of piperidine rings is 1. The Bertz CT molecular complexity index is 1130. The number of methoxy groups -OCH3 is 1. The van der Waals surface area contributed by atoms with Gasteiger partial charge >= 0.3 is 0 Å². The summed E-state index contributed by atoms with van der Waals surface area (Å²) in [4.78, 5) is 19.5. The fourth-order valence-electron chi connectivity index (χ4n) is 4.06. The summed E-state index contributed by atoms with van der Waals surface area (Å²) >= 11 is 0. The lowest BCUT2D eigenvalue weighted by Gasteiger charge is -2.34. The van der Waals surface area contributed by atoms with Gasteiger partial charge in [-0.3, -0.25) is 9.78 Å². The van der Waals surface area contributed by atoms with Gasteiger partial charge in [0.25, 0.3) is 0 Å². The van der Waals surface area contributed by atoms with Gasteiger partial charge in [0, 0.05) is 30.6 Å². The molecule has 1 fully saturated rings. The first-order chi connectivity index (χ1) is 14.6. The zero-order valence-electron chi connectivity index (χ0n) is 17.2. The van der Waals surface area contributed by atoms with Crippen LogP contribution in [0.5, 0.6) is 5.75 Å². The maximum atomic E-state index is 12.8. The highest BCUT2D eigenvalue weighted by Crippen LogP contribution is 2.33. The molecule has 1 N–H and O–H groups in total. The number of fused-ring (bicyclic) bond motifs is 1. The summed E-state index contributed by atoms with van der Waals surface area (Å²) in [6.07, 6.45) is 3.09. The Balaban J connectivity index is 1.52. The van der Waals surface area contributed by atoms with Crippen molar-refractivity contribution in [2.75, 3.05) is 30.4 Å². The second kappa shape index (κ2) is 8.42. The summed E-state index contributed by atoms with van der Waals surface area (Å²) in [5.41, 5.74) is 4.20. The van der Waals surface area contributed by atoms with E-state index in [2.05, 4.69) is 27.3 Å². The predicted octanol–water partition coefficient (Wildman–Crippen LogP) is 4.28. The van der Waals surface area contributed by atoms with Crippen molar-refractivity contribution in [1.29, 1.82) is 5.26 Å². The van der Waals surface area contributed by atoms with Crippen molar-refractivity contribution in [3.8, 4) is 11.8 Å². The number of aromatic nitrogens is 1. The Kier molecular flexibility index (Phi) is 5.53. The second-order valence-corrected chi connectivity index (χ2v) is 7.60. The molecule has 0 aliphatic carbocycles. The third kappa shape index (κ3) is 3.79. The molecule has 0 spiro atoms. The van der Waals surface area contributed by atoms with Gasteiger partial charge in [-0.05, 0) is 44.0 Å². The van der Waals surface area contributed by atoms with Crippen molar-refractivity contribution in [3.05, 3.63) is 59.8 Å². The molecular formula is C24H24N4O2. The monoisotopic (exact) mass is 400 g/mol. The number of ether oxygens (including phenoxy) is 1. The maximum absolute atomic E-state index is 12.8. The highest BCUT2D eigenvalue weighted by molar-refractivity contribution is 5.96. The highest BCUT2D eigenvalue weighted by atomic mass is 16.5. The molecular weight excluding hydrogens is 376 g/mol. The molecule has 3 aromatic rings. The first kappa shape index (κ1) is 19.7. The van der Waals surface area contributed by atoms with Crippen molar-refractivity contribution in [1.82, 2.24) is 4.98 Å². The molecule has 6 heteroatoms. The maximum Gasteiger partial charge on any atom is 0.227 e. The van der Waals surface area contributed by atoms with Crippen molar-refractivity contribution >= 4 is 28.2 Å². The molecule has 0 radical (unpaired) electrons. The molecule has 1 aliphatic heterocycles. The van der Waals surface area contributed by atoms with Crippen molar-refractivity contribution < 1.29 is 9.53 Å². The normalized spacial score (nSPS) is 14.4. The van der Waals surface area contributed by atoms with E-state index in [-0.39, 0.29) is 11.8 Å². The van der Waals surface area contributed by atoms with Gasteiger partial charge in [-0.1, -0.05) is 23.8 Å². The molecule has 1 aliphatic rings. The van der Waals surface area contributed by atoms with Crippen LogP contribution in [0.2, 0.25) is 0 Å². The lowest BCUT2D eigenvalue weighted by Crippen LogP contribution is -2.38. The van der Waals surface area contributed by atoms with Crippen LogP contribution in [-0.2, 0) is 4.79 Å². The molecule has 152 valence electrons. The van der Waals surface area contributed by atoms with E-state index < -0.39 is 0 Å². The van der Waals surface area contributed by atoms with Gasteiger partial charge in [0.1, 0.15) is 11.8 Å². The van der Waals surface area contributed by atoms with Crippen LogP contribution in [0.15, 0.2) is 48.7 Å². The smallest absolute Gasteiger partial charge is 0.227 e. The predicted molar refractivity (Wildman–Crippen MR) is 118 cm³/mol. The van der Waals surface area contributed by atoms with E-state index in [4.69, 9.17) is 4.74 Å². The van der Waals surface area contributed by atoms with E-state index in [0.717, 1.165) is 35.0 Å². The Labute approximate surface area is 176 Å². The topological polar surface area (TPSA) is 78.2 Å². The largest absolute Gasteiger partial charge is 0.495 e. The number of hydrogen-bond donors (Lipinski definition) is 1. The minimum absolute atomic E-state index is 0.00934. The van der Waals surface area contributed by atoms with E-state index in [1.54, 1.807) is 13.3 Å². The van der Waals surface area contributed by atoms with Crippen LogP contribution >= 0.6 is 0 Å². The number of benzene rings is 2. The number of pyridine rings is 1. The minimum Gasteiger partial charge on any atom is -0.495 e. The summed E-state index contributed by atoms with van der Waals surface area (Å²) in [7, 11) is 1.59. The highest BCUT2D eigenvalue weighted by Gasteiger charge is 2.27. The second-order valence-electron chi connectivity index (χ2n) is 7.60. The molecule has 0 saturated carbocycles. The number of carbonyl (C=O) groups is 1. The Morgan fingerprint density at radius 3 is 2.73 bits per heavy atom. The summed E-state index contributed by atoms with van der Waals surface area (Å²) < 4.78 is 5.32. The molecule has 1 saturated heterocycles. The molecule has 4 rings (SSSR count). The van der Waals surface area contributed by atoms with E-state index in [9.17, 15) is 10.1 Å². The van der Waals surface area contributed by atoms with Gasteiger partial charge in [0.15, 0.2) is 0 Å². The Morgan fingerprint density at radius 2 is 2.00 bits per heavy atom. The summed E-state index contributed by atoms with van der Waals surface area (Å²) in [6.45, 7) is 3.47. The number of para-hydroxylation sites is 2. The first-order valence-electron chi connectivity index (χ1n) is 10.1. The van der Waals surface area contributed by atoms with Crippen LogP contribution < -0.4 is 15.0 Å². The SMILES string of the molecule is COc1ccccc1NC(=O)C1CCN(c2c(C#N)cnc3ccc(C)cc23)CC1. The fraction of sp³-hybridized carbons (Fsp3) is 0.292. The van der Waals surface area contributed by atoms with Crippen LogP contribution in [0, 0.1) is 24.2 Å². The number of nitrogens with one attached hydrogen (secondary N) is 1. The van der Waals surface area contributed by atoms with E-state index in [1.165, 1.54) is 0 Å². The number of carbonyl (C=O) groups excluding carboxylic acids is 1. The van der Waals surface area contributed by atoms with E-state index in [0.29, 0.717) is 30.1 Å². The minimum atomic E-state index is -0.0773. The number of hydrogen-bond acceptors (Lipinski definition) is 5. The zero-order chi connectivity index (χ0) is 21.1. The molecule has 0 atom stereocenters. The Hall–Kier alpha value is -3.59. The third-order valence-electron chi connectivity index (χ3n) is 5.66. The quantitative estimate of drug-likeness (QED) is 0.707. The summed E-state index contributed by atoms with van der Waals surface area (Å²) in [5.74, 6) is 0.585. The van der Waals surface area contributed by atoms with Crippen LogP contribution in [0.3, 0.4) is 0 Å². The number of nitrogens with zero attached hydrogens (tertiary/aromatic N) is 3. The number of rotatable bonds is 4.